The van der Waals surface area contributed by atoms with Crippen LogP contribution in [0.1, 0.15) is 35.7 Å². The summed E-state index contributed by atoms with van der Waals surface area (Å²) < 4.78 is 26.5. The fourth-order valence-electron chi connectivity index (χ4n) is 3.26. The van der Waals surface area contributed by atoms with E-state index in [9.17, 15) is 18.4 Å². The Morgan fingerprint density at radius 1 is 1.11 bits per heavy atom. The lowest BCUT2D eigenvalue weighted by Crippen LogP contribution is -2.43. The Balaban J connectivity index is 1.64. The van der Waals surface area contributed by atoms with Crippen molar-refractivity contribution in [3.05, 3.63) is 65.2 Å². The zero-order valence-electron chi connectivity index (χ0n) is 15.2. The normalized spacial score (nSPS) is 16.9. The standard InChI is InChI=1S/C21H22F2N2O2/c1-2-14-5-8-17(9-6-14)24-20(26)16-4-3-11-25(13-16)21(27)15-7-10-18(22)19(23)12-15/h5-10,12,16H,2-4,11,13H2,1H3,(H,24,26)/t16-/m0/s1. The Bertz CT molecular complexity index is 837. The summed E-state index contributed by atoms with van der Waals surface area (Å²) in [7, 11) is 0. The molecule has 1 fully saturated rings. The van der Waals surface area contributed by atoms with Gasteiger partial charge in [0.25, 0.3) is 5.91 Å². The summed E-state index contributed by atoms with van der Waals surface area (Å²) in [6, 6.07) is 10.8. The molecule has 1 heterocycles. The van der Waals surface area contributed by atoms with Crippen molar-refractivity contribution in [3.63, 3.8) is 0 Å². The first-order valence-corrected chi connectivity index (χ1v) is 9.12. The Morgan fingerprint density at radius 3 is 2.52 bits per heavy atom. The van der Waals surface area contributed by atoms with Crippen molar-refractivity contribution in [2.45, 2.75) is 26.2 Å². The van der Waals surface area contributed by atoms with Crippen molar-refractivity contribution in [1.29, 1.82) is 0 Å². The topological polar surface area (TPSA) is 49.4 Å². The lowest BCUT2D eigenvalue weighted by Gasteiger charge is -2.32. The van der Waals surface area contributed by atoms with Crippen LogP contribution in [0.4, 0.5) is 14.5 Å². The maximum Gasteiger partial charge on any atom is 0.253 e. The molecule has 1 atom stereocenters. The van der Waals surface area contributed by atoms with Gasteiger partial charge < -0.3 is 10.2 Å². The highest BCUT2D eigenvalue weighted by molar-refractivity contribution is 5.96. The van der Waals surface area contributed by atoms with E-state index in [0.717, 1.165) is 24.2 Å². The zero-order chi connectivity index (χ0) is 19.4. The highest BCUT2D eigenvalue weighted by Crippen LogP contribution is 2.21. The number of amides is 2. The fraction of sp³-hybridized carbons (Fsp3) is 0.333. The molecule has 4 nitrogen and oxygen atoms in total. The third-order valence-electron chi connectivity index (χ3n) is 4.88. The quantitative estimate of drug-likeness (QED) is 0.881. The molecular formula is C21H22F2N2O2. The Morgan fingerprint density at radius 2 is 1.85 bits per heavy atom. The van der Waals surface area contributed by atoms with Gasteiger partial charge in [0.1, 0.15) is 0 Å². The monoisotopic (exact) mass is 372 g/mol. The average molecular weight is 372 g/mol. The van der Waals surface area contributed by atoms with Gasteiger partial charge in [-0.05, 0) is 55.2 Å². The molecule has 27 heavy (non-hydrogen) atoms. The molecular weight excluding hydrogens is 350 g/mol. The third-order valence-corrected chi connectivity index (χ3v) is 4.88. The van der Waals surface area contributed by atoms with Crippen LogP contribution in [-0.2, 0) is 11.2 Å². The highest BCUT2D eigenvalue weighted by atomic mass is 19.2. The van der Waals surface area contributed by atoms with Crippen LogP contribution in [0, 0.1) is 17.6 Å². The molecule has 1 aliphatic heterocycles. The molecule has 3 rings (SSSR count). The molecule has 2 amide bonds. The van der Waals surface area contributed by atoms with E-state index < -0.39 is 17.5 Å². The second-order valence-corrected chi connectivity index (χ2v) is 6.76. The Kier molecular flexibility index (Phi) is 5.84. The molecule has 0 bridgehead atoms. The van der Waals surface area contributed by atoms with Crippen LogP contribution in [0.15, 0.2) is 42.5 Å². The summed E-state index contributed by atoms with van der Waals surface area (Å²) in [5.74, 6) is -2.90. The van der Waals surface area contributed by atoms with Crippen LogP contribution < -0.4 is 5.32 Å². The fourth-order valence-corrected chi connectivity index (χ4v) is 3.26. The predicted molar refractivity (Wildman–Crippen MR) is 99.4 cm³/mol. The number of carbonyl (C=O) groups excluding carboxylic acids is 2. The summed E-state index contributed by atoms with van der Waals surface area (Å²) >= 11 is 0. The van der Waals surface area contributed by atoms with Gasteiger partial charge in [0.2, 0.25) is 5.91 Å². The molecule has 2 aromatic carbocycles. The number of nitrogens with one attached hydrogen (secondary N) is 1. The molecule has 0 aromatic heterocycles. The molecule has 0 aliphatic carbocycles. The molecule has 1 aliphatic rings. The number of aryl methyl sites for hydroxylation is 1. The number of likely N-dealkylation sites (tertiary alicyclic amines) is 1. The first-order valence-electron chi connectivity index (χ1n) is 9.12. The van der Waals surface area contributed by atoms with Crippen LogP contribution in [0.25, 0.3) is 0 Å². The summed E-state index contributed by atoms with van der Waals surface area (Å²) in [4.78, 5) is 26.7. The minimum atomic E-state index is -1.05. The van der Waals surface area contributed by atoms with Crippen molar-refractivity contribution in [3.8, 4) is 0 Å². The molecule has 6 heteroatoms. The number of nitrogens with zero attached hydrogens (tertiary/aromatic N) is 1. The lowest BCUT2D eigenvalue weighted by molar-refractivity contribution is -0.121. The van der Waals surface area contributed by atoms with E-state index in [0.29, 0.717) is 19.4 Å². The number of piperidine rings is 1. The Labute approximate surface area is 157 Å². The number of anilines is 1. The molecule has 142 valence electrons. The van der Waals surface area contributed by atoms with Crippen molar-refractivity contribution < 1.29 is 18.4 Å². The number of benzene rings is 2. The lowest BCUT2D eigenvalue weighted by atomic mass is 9.96. The molecule has 1 saturated heterocycles. The van der Waals surface area contributed by atoms with Gasteiger partial charge in [0.15, 0.2) is 11.6 Å². The van der Waals surface area contributed by atoms with Gasteiger partial charge in [0.05, 0.1) is 5.92 Å². The van der Waals surface area contributed by atoms with Gasteiger partial charge in [-0.25, -0.2) is 8.78 Å². The second kappa shape index (κ2) is 8.29. The largest absolute Gasteiger partial charge is 0.338 e. The SMILES string of the molecule is CCc1ccc(NC(=O)[C@H]2CCCN(C(=O)c3ccc(F)c(F)c3)C2)cc1. The van der Waals surface area contributed by atoms with Crippen LogP contribution in [0.3, 0.4) is 0 Å². The summed E-state index contributed by atoms with van der Waals surface area (Å²) in [5, 5.41) is 2.89. The number of hydrogen-bond donors (Lipinski definition) is 1. The highest BCUT2D eigenvalue weighted by Gasteiger charge is 2.29. The molecule has 0 saturated carbocycles. The number of halogens is 2. The van der Waals surface area contributed by atoms with Crippen LogP contribution in [-0.4, -0.2) is 29.8 Å². The Hall–Kier alpha value is -2.76. The van der Waals surface area contributed by atoms with Gasteiger partial charge in [-0.2, -0.15) is 0 Å². The van der Waals surface area contributed by atoms with Crippen LogP contribution in [0.5, 0.6) is 0 Å². The molecule has 2 aromatic rings. The summed E-state index contributed by atoms with van der Waals surface area (Å²) in [6.07, 6.45) is 2.29. The zero-order valence-corrected chi connectivity index (χ0v) is 15.2. The van der Waals surface area contributed by atoms with Crippen LogP contribution in [0.2, 0.25) is 0 Å². The predicted octanol–water partition coefficient (Wildman–Crippen LogP) is 4.02. The molecule has 0 radical (unpaired) electrons. The van der Waals surface area contributed by atoms with Gasteiger partial charge in [0, 0.05) is 24.3 Å². The van der Waals surface area contributed by atoms with Gasteiger partial charge in [-0.3, -0.25) is 9.59 Å². The summed E-state index contributed by atoms with van der Waals surface area (Å²) in [6.45, 7) is 2.82. The van der Waals surface area contributed by atoms with Crippen molar-refractivity contribution in [2.75, 3.05) is 18.4 Å². The van der Waals surface area contributed by atoms with Gasteiger partial charge in [-0.15, -0.1) is 0 Å². The van der Waals surface area contributed by atoms with E-state index in [1.54, 1.807) is 0 Å². The van der Waals surface area contributed by atoms with Crippen molar-refractivity contribution in [2.24, 2.45) is 5.92 Å². The van der Waals surface area contributed by atoms with E-state index in [4.69, 9.17) is 0 Å². The minimum Gasteiger partial charge on any atom is -0.338 e. The van der Waals surface area contributed by atoms with E-state index >= 15 is 0 Å². The van der Waals surface area contributed by atoms with Crippen molar-refractivity contribution in [1.82, 2.24) is 4.90 Å². The van der Waals surface area contributed by atoms with E-state index in [2.05, 4.69) is 12.2 Å². The molecule has 0 unspecified atom stereocenters. The smallest absolute Gasteiger partial charge is 0.253 e. The maximum absolute atomic E-state index is 13.4. The summed E-state index contributed by atoms with van der Waals surface area (Å²) in [5.41, 5.74) is 2.00. The number of rotatable bonds is 4. The van der Waals surface area contributed by atoms with E-state index in [1.165, 1.54) is 16.5 Å². The number of carbonyl (C=O) groups is 2. The first-order chi connectivity index (χ1) is 13.0. The third kappa shape index (κ3) is 4.51. The first kappa shape index (κ1) is 19.0. The van der Waals surface area contributed by atoms with Crippen molar-refractivity contribution >= 4 is 17.5 Å². The minimum absolute atomic E-state index is 0.0881. The average Bonchev–Trinajstić information content (AvgIpc) is 2.70. The second-order valence-electron chi connectivity index (χ2n) is 6.76. The van der Waals surface area contributed by atoms with Crippen LogP contribution >= 0.6 is 0 Å². The molecule has 1 N–H and O–H groups in total. The maximum atomic E-state index is 13.4. The number of hydrogen-bond acceptors (Lipinski definition) is 2. The van der Waals surface area contributed by atoms with Gasteiger partial charge >= 0.3 is 0 Å². The van der Waals surface area contributed by atoms with E-state index in [1.807, 2.05) is 24.3 Å². The molecule has 0 spiro atoms. The van der Waals surface area contributed by atoms with E-state index in [-0.39, 0.29) is 23.9 Å². The van der Waals surface area contributed by atoms with Gasteiger partial charge in [-0.1, -0.05) is 19.1 Å².